The number of nitrogens with one attached hydrogen (secondary N) is 1. The van der Waals surface area contributed by atoms with Gasteiger partial charge in [-0.1, -0.05) is 18.0 Å². The molecule has 3 rings (SSSR count). The second kappa shape index (κ2) is 5.02. The van der Waals surface area contributed by atoms with Gasteiger partial charge in [-0.2, -0.15) is 0 Å². The van der Waals surface area contributed by atoms with Gasteiger partial charge < -0.3 is 4.74 Å². The number of thioether (sulfide) groups is 1. The normalized spacial score (nSPS) is 27.1. The Labute approximate surface area is 115 Å². The topological polar surface area (TPSA) is 38.3 Å². The number of ether oxygens (including phenoxy) is 1. The van der Waals surface area contributed by atoms with E-state index in [9.17, 15) is 4.79 Å². The average Bonchev–Trinajstić information content (AvgIpc) is 2.32. The predicted molar refractivity (Wildman–Crippen MR) is 73.5 cm³/mol. The SMILES string of the molecule is O=C1Nc2cc(Cl)ccc2SC2CCCCC2O1. The number of hydrogen-bond donors (Lipinski definition) is 1. The third kappa shape index (κ3) is 2.45. The second-order valence-corrected chi connectivity index (χ2v) is 6.37. The summed E-state index contributed by atoms with van der Waals surface area (Å²) in [5.74, 6) is 0. The van der Waals surface area contributed by atoms with Crippen LogP contribution in [0.15, 0.2) is 23.1 Å². The summed E-state index contributed by atoms with van der Waals surface area (Å²) in [6, 6.07) is 5.60. The molecule has 3 nitrogen and oxygen atoms in total. The van der Waals surface area contributed by atoms with Gasteiger partial charge in [0, 0.05) is 15.2 Å². The minimum atomic E-state index is -0.365. The van der Waals surface area contributed by atoms with E-state index in [-0.39, 0.29) is 12.2 Å². The molecular formula is C13H14ClNO2S. The fourth-order valence-corrected chi connectivity index (χ4v) is 3.98. The molecule has 1 fully saturated rings. The number of anilines is 1. The molecule has 1 aromatic rings. The molecule has 0 bridgehead atoms. The summed E-state index contributed by atoms with van der Waals surface area (Å²) >= 11 is 7.74. The number of carbonyl (C=O) groups excluding carboxylic acids is 1. The quantitative estimate of drug-likeness (QED) is 0.771. The fraction of sp³-hybridized carbons (Fsp3) is 0.462. The smallest absolute Gasteiger partial charge is 0.411 e. The first-order valence-corrected chi connectivity index (χ1v) is 7.42. The Bertz CT molecular complexity index is 480. The maximum absolute atomic E-state index is 11.8. The van der Waals surface area contributed by atoms with E-state index < -0.39 is 0 Å². The van der Waals surface area contributed by atoms with Crippen LogP contribution in [0, 0.1) is 0 Å². The van der Waals surface area contributed by atoms with Crippen molar-refractivity contribution in [2.24, 2.45) is 0 Å². The summed E-state index contributed by atoms with van der Waals surface area (Å²) in [6.45, 7) is 0. The molecule has 0 spiro atoms. The van der Waals surface area contributed by atoms with E-state index in [1.807, 2.05) is 12.1 Å². The van der Waals surface area contributed by atoms with Crippen molar-refractivity contribution in [2.75, 3.05) is 5.32 Å². The Kier molecular flexibility index (Phi) is 3.39. The van der Waals surface area contributed by atoms with Crippen LogP contribution in [0.3, 0.4) is 0 Å². The Morgan fingerprint density at radius 2 is 2.17 bits per heavy atom. The molecule has 0 aromatic heterocycles. The maximum atomic E-state index is 11.8. The molecule has 1 saturated carbocycles. The van der Waals surface area contributed by atoms with Gasteiger partial charge in [0.15, 0.2) is 0 Å². The van der Waals surface area contributed by atoms with Crippen LogP contribution in [0.1, 0.15) is 25.7 Å². The minimum Gasteiger partial charge on any atom is -0.445 e. The molecule has 5 heteroatoms. The van der Waals surface area contributed by atoms with Crippen molar-refractivity contribution in [1.29, 1.82) is 0 Å². The fourth-order valence-electron chi connectivity index (χ4n) is 2.48. The van der Waals surface area contributed by atoms with Gasteiger partial charge in [-0.25, -0.2) is 4.79 Å². The first-order valence-electron chi connectivity index (χ1n) is 6.16. The van der Waals surface area contributed by atoms with Gasteiger partial charge >= 0.3 is 6.09 Å². The van der Waals surface area contributed by atoms with Crippen LogP contribution in [0.4, 0.5) is 10.5 Å². The number of rotatable bonds is 0. The molecule has 1 aliphatic carbocycles. The number of benzene rings is 1. The molecular weight excluding hydrogens is 270 g/mol. The molecule has 18 heavy (non-hydrogen) atoms. The molecule has 1 N–H and O–H groups in total. The van der Waals surface area contributed by atoms with Crippen LogP contribution in [0.2, 0.25) is 5.02 Å². The van der Waals surface area contributed by atoms with Gasteiger partial charge in [-0.3, -0.25) is 5.32 Å². The van der Waals surface area contributed by atoms with Crippen molar-refractivity contribution in [2.45, 2.75) is 41.9 Å². The largest absolute Gasteiger partial charge is 0.445 e. The van der Waals surface area contributed by atoms with Gasteiger partial charge in [0.25, 0.3) is 0 Å². The molecule has 1 heterocycles. The van der Waals surface area contributed by atoms with E-state index in [2.05, 4.69) is 5.32 Å². The van der Waals surface area contributed by atoms with Crippen LogP contribution >= 0.6 is 23.4 Å². The number of hydrogen-bond acceptors (Lipinski definition) is 3. The number of amides is 1. The summed E-state index contributed by atoms with van der Waals surface area (Å²) in [7, 11) is 0. The number of halogens is 1. The maximum Gasteiger partial charge on any atom is 0.411 e. The first-order chi connectivity index (χ1) is 8.72. The summed E-state index contributed by atoms with van der Waals surface area (Å²) in [5.41, 5.74) is 0.751. The molecule has 2 aliphatic rings. The highest BCUT2D eigenvalue weighted by atomic mass is 35.5. The Morgan fingerprint density at radius 3 is 3.06 bits per heavy atom. The molecule has 96 valence electrons. The Balaban J connectivity index is 1.94. The van der Waals surface area contributed by atoms with Crippen LogP contribution < -0.4 is 5.32 Å². The molecule has 1 aromatic carbocycles. The van der Waals surface area contributed by atoms with E-state index in [1.165, 1.54) is 6.42 Å². The van der Waals surface area contributed by atoms with E-state index in [0.717, 1.165) is 29.8 Å². The van der Waals surface area contributed by atoms with E-state index in [1.54, 1.807) is 17.8 Å². The lowest BCUT2D eigenvalue weighted by molar-refractivity contribution is 0.0901. The van der Waals surface area contributed by atoms with Crippen molar-refractivity contribution in [3.8, 4) is 0 Å². The lowest BCUT2D eigenvalue weighted by Gasteiger charge is -2.33. The summed E-state index contributed by atoms with van der Waals surface area (Å²) < 4.78 is 5.48. The summed E-state index contributed by atoms with van der Waals surface area (Å²) in [6.07, 6.45) is 4.09. The minimum absolute atomic E-state index is 0.0348. The van der Waals surface area contributed by atoms with E-state index >= 15 is 0 Å². The zero-order valence-electron chi connectivity index (χ0n) is 9.82. The highest BCUT2D eigenvalue weighted by Crippen LogP contribution is 2.41. The van der Waals surface area contributed by atoms with Crippen LogP contribution in [-0.4, -0.2) is 17.4 Å². The highest BCUT2D eigenvalue weighted by Gasteiger charge is 2.31. The zero-order valence-corrected chi connectivity index (χ0v) is 11.4. The van der Waals surface area contributed by atoms with Crippen molar-refractivity contribution in [3.05, 3.63) is 23.2 Å². The van der Waals surface area contributed by atoms with Gasteiger partial charge in [-0.15, -0.1) is 11.8 Å². The van der Waals surface area contributed by atoms with Crippen molar-refractivity contribution < 1.29 is 9.53 Å². The lowest BCUT2D eigenvalue weighted by atomic mass is 9.97. The molecule has 2 unspecified atom stereocenters. The van der Waals surface area contributed by atoms with E-state index in [0.29, 0.717) is 10.3 Å². The van der Waals surface area contributed by atoms with Crippen LogP contribution in [-0.2, 0) is 4.74 Å². The second-order valence-electron chi connectivity index (χ2n) is 4.65. The Hall–Kier alpha value is -0.870. The Morgan fingerprint density at radius 1 is 1.33 bits per heavy atom. The molecule has 2 atom stereocenters. The first kappa shape index (κ1) is 12.2. The van der Waals surface area contributed by atoms with Gasteiger partial charge in [0.1, 0.15) is 6.10 Å². The van der Waals surface area contributed by atoms with Crippen LogP contribution in [0.5, 0.6) is 0 Å². The predicted octanol–water partition coefficient (Wildman–Crippen LogP) is 4.31. The van der Waals surface area contributed by atoms with Crippen molar-refractivity contribution in [3.63, 3.8) is 0 Å². The number of fused-ring (bicyclic) bond motifs is 2. The molecule has 0 radical (unpaired) electrons. The lowest BCUT2D eigenvalue weighted by Crippen LogP contribution is -2.35. The van der Waals surface area contributed by atoms with Crippen molar-refractivity contribution >= 4 is 35.1 Å². The standard InChI is InChI=1S/C13H14ClNO2S/c14-8-5-6-11-9(7-8)15-13(16)17-10-3-1-2-4-12(10)18-11/h5-7,10,12H,1-4H2,(H,15,16). The zero-order chi connectivity index (χ0) is 12.5. The van der Waals surface area contributed by atoms with Crippen molar-refractivity contribution in [1.82, 2.24) is 0 Å². The summed E-state index contributed by atoms with van der Waals surface area (Å²) in [4.78, 5) is 12.9. The molecule has 0 saturated heterocycles. The van der Waals surface area contributed by atoms with Gasteiger partial charge in [0.2, 0.25) is 0 Å². The highest BCUT2D eigenvalue weighted by molar-refractivity contribution is 8.00. The monoisotopic (exact) mass is 283 g/mol. The van der Waals surface area contributed by atoms with Gasteiger partial charge in [0.05, 0.1) is 5.69 Å². The third-order valence-corrected chi connectivity index (χ3v) is 5.04. The third-order valence-electron chi connectivity index (χ3n) is 3.36. The average molecular weight is 284 g/mol. The van der Waals surface area contributed by atoms with Gasteiger partial charge in [-0.05, 0) is 37.5 Å². The molecule has 1 amide bonds. The number of carbonyl (C=O) groups is 1. The molecule has 1 aliphatic heterocycles. The summed E-state index contributed by atoms with van der Waals surface area (Å²) in [5, 5.41) is 3.76. The van der Waals surface area contributed by atoms with E-state index in [4.69, 9.17) is 16.3 Å². The van der Waals surface area contributed by atoms with Crippen LogP contribution in [0.25, 0.3) is 0 Å².